The number of nitrogens with zero attached hydrogens (tertiary/aromatic N) is 1. The van der Waals surface area contributed by atoms with Crippen molar-refractivity contribution >= 4 is 35.1 Å². The summed E-state index contributed by atoms with van der Waals surface area (Å²) in [6, 6.07) is 21.3. The van der Waals surface area contributed by atoms with Gasteiger partial charge in [-0.05, 0) is 49.4 Å². The van der Waals surface area contributed by atoms with Crippen molar-refractivity contribution in [2.45, 2.75) is 13.0 Å². The van der Waals surface area contributed by atoms with Crippen LogP contribution in [-0.2, 0) is 9.53 Å². The van der Waals surface area contributed by atoms with Crippen LogP contribution in [0.1, 0.15) is 38.0 Å². The van der Waals surface area contributed by atoms with Crippen molar-refractivity contribution in [3.8, 4) is 0 Å². The van der Waals surface area contributed by atoms with Gasteiger partial charge < -0.3 is 10.1 Å². The Bertz CT molecular complexity index is 1150. The highest BCUT2D eigenvalue weighted by molar-refractivity contribution is 6.34. The Morgan fingerprint density at radius 1 is 0.839 bits per heavy atom. The van der Waals surface area contributed by atoms with E-state index in [4.69, 9.17) is 4.74 Å². The molecule has 1 aliphatic heterocycles. The van der Waals surface area contributed by atoms with E-state index >= 15 is 0 Å². The molecule has 1 heterocycles. The topological polar surface area (TPSA) is 92.8 Å². The van der Waals surface area contributed by atoms with Gasteiger partial charge in [-0.2, -0.15) is 0 Å². The quantitative estimate of drug-likeness (QED) is 0.508. The van der Waals surface area contributed by atoms with Crippen LogP contribution in [0.15, 0.2) is 78.9 Å². The summed E-state index contributed by atoms with van der Waals surface area (Å²) in [7, 11) is 0. The lowest BCUT2D eigenvalue weighted by Gasteiger charge is -2.16. The largest absolute Gasteiger partial charge is 0.449 e. The van der Waals surface area contributed by atoms with Crippen LogP contribution < -0.4 is 10.2 Å². The maximum Gasteiger partial charge on any atom is 0.338 e. The van der Waals surface area contributed by atoms with Crippen molar-refractivity contribution < 1.29 is 23.9 Å². The molecule has 31 heavy (non-hydrogen) atoms. The Labute approximate surface area is 178 Å². The number of para-hydroxylation sites is 1. The van der Waals surface area contributed by atoms with Crippen molar-refractivity contribution in [2.24, 2.45) is 0 Å². The molecule has 0 saturated carbocycles. The molecule has 3 aromatic carbocycles. The zero-order valence-electron chi connectivity index (χ0n) is 16.6. The van der Waals surface area contributed by atoms with E-state index in [0.29, 0.717) is 16.8 Å². The predicted octanol–water partition coefficient (Wildman–Crippen LogP) is 3.67. The molecule has 0 radical (unpaired) electrons. The fraction of sp³-hybridized carbons (Fsp3) is 0.0833. The summed E-state index contributed by atoms with van der Waals surface area (Å²) in [5.41, 5.74) is 1.58. The summed E-state index contributed by atoms with van der Waals surface area (Å²) >= 11 is 0. The molecule has 1 atom stereocenters. The second-order valence-corrected chi connectivity index (χ2v) is 6.94. The Morgan fingerprint density at radius 3 is 2.10 bits per heavy atom. The van der Waals surface area contributed by atoms with Crippen LogP contribution in [0, 0.1) is 0 Å². The average Bonchev–Trinajstić information content (AvgIpc) is 3.04. The molecule has 0 saturated heterocycles. The number of hydrogen-bond acceptors (Lipinski definition) is 5. The SMILES string of the molecule is CC(OC(=O)c1cccc(N2C(=O)c3ccccc3C2=O)c1)C(=O)Nc1ccccc1. The molecule has 1 unspecified atom stereocenters. The van der Waals surface area contributed by atoms with Gasteiger partial charge in [0.05, 0.1) is 22.4 Å². The minimum atomic E-state index is -1.05. The van der Waals surface area contributed by atoms with E-state index in [1.54, 1.807) is 60.7 Å². The average molecular weight is 414 g/mol. The molecule has 154 valence electrons. The van der Waals surface area contributed by atoms with Gasteiger partial charge in [0.15, 0.2) is 6.10 Å². The van der Waals surface area contributed by atoms with Crippen LogP contribution in [0.5, 0.6) is 0 Å². The summed E-state index contributed by atoms with van der Waals surface area (Å²) in [6.07, 6.45) is -1.05. The van der Waals surface area contributed by atoms with Crippen molar-refractivity contribution in [3.05, 3.63) is 95.6 Å². The van der Waals surface area contributed by atoms with Gasteiger partial charge >= 0.3 is 5.97 Å². The Kier molecular flexibility index (Phi) is 5.32. The molecule has 4 rings (SSSR count). The number of ether oxygens (including phenoxy) is 1. The smallest absolute Gasteiger partial charge is 0.338 e. The number of anilines is 2. The van der Waals surface area contributed by atoms with E-state index in [-0.39, 0.29) is 11.3 Å². The molecule has 0 bridgehead atoms. The van der Waals surface area contributed by atoms with E-state index in [1.165, 1.54) is 19.1 Å². The number of nitrogens with one attached hydrogen (secondary N) is 1. The van der Waals surface area contributed by atoms with Crippen LogP contribution in [0.4, 0.5) is 11.4 Å². The number of benzene rings is 3. The Morgan fingerprint density at radius 2 is 1.45 bits per heavy atom. The highest BCUT2D eigenvalue weighted by Gasteiger charge is 2.36. The van der Waals surface area contributed by atoms with E-state index in [0.717, 1.165) is 4.90 Å². The van der Waals surface area contributed by atoms with Gasteiger partial charge in [0.25, 0.3) is 17.7 Å². The maximum atomic E-state index is 12.7. The standard InChI is InChI=1S/C24H18N2O5/c1-15(21(27)25-17-9-3-2-4-10-17)31-24(30)16-8-7-11-18(14-16)26-22(28)19-12-5-6-13-20(19)23(26)29/h2-15H,1H3,(H,25,27). The third kappa shape index (κ3) is 3.93. The monoisotopic (exact) mass is 414 g/mol. The molecular weight excluding hydrogens is 396 g/mol. The highest BCUT2D eigenvalue weighted by Crippen LogP contribution is 2.29. The molecule has 7 heteroatoms. The van der Waals surface area contributed by atoms with Crippen molar-refractivity contribution in [1.82, 2.24) is 0 Å². The van der Waals surface area contributed by atoms with Gasteiger partial charge in [0, 0.05) is 5.69 Å². The number of esters is 1. The number of amides is 3. The molecule has 7 nitrogen and oxygen atoms in total. The Balaban J connectivity index is 1.48. The molecule has 0 aromatic heterocycles. The van der Waals surface area contributed by atoms with Gasteiger partial charge in [-0.25, -0.2) is 9.69 Å². The van der Waals surface area contributed by atoms with Gasteiger partial charge in [-0.3, -0.25) is 14.4 Å². The van der Waals surface area contributed by atoms with Crippen molar-refractivity contribution in [2.75, 3.05) is 10.2 Å². The highest BCUT2D eigenvalue weighted by atomic mass is 16.5. The molecule has 1 aliphatic rings. The first-order valence-corrected chi connectivity index (χ1v) is 9.60. The summed E-state index contributed by atoms with van der Waals surface area (Å²) in [5, 5.41) is 2.66. The van der Waals surface area contributed by atoms with Crippen molar-refractivity contribution in [3.63, 3.8) is 0 Å². The minimum Gasteiger partial charge on any atom is -0.449 e. The number of imide groups is 1. The normalized spacial score (nSPS) is 13.5. The molecular formula is C24H18N2O5. The molecule has 1 N–H and O–H groups in total. The van der Waals surface area contributed by atoms with E-state index in [1.807, 2.05) is 6.07 Å². The van der Waals surface area contributed by atoms with Crippen LogP contribution in [0.2, 0.25) is 0 Å². The lowest BCUT2D eigenvalue weighted by atomic mass is 10.1. The first-order chi connectivity index (χ1) is 15.0. The maximum absolute atomic E-state index is 12.7. The second-order valence-electron chi connectivity index (χ2n) is 6.94. The first-order valence-electron chi connectivity index (χ1n) is 9.60. The molecule has 3 aromatic rings. The van der Waals surface area contributed by atoms with Crippen LogP contribution in [0.25, 0.3) is 0 Å². The zero-order valence-corrected chi connectivity index (χ0v) is 16.6. The number of carbonyl (C=O) groups excluding carboxylic acids is 4. The summed E-state index contributed by atoms with van der Waals surface area (Å²) in [5.74, 6) is -2.13. The lowest BCUT2D eigenvalue weighted by molar-refractivity contribution is -0.123. The summed E-state index contributed by atoms with van der Waals surface area (Å²) < 4.78 is 5.26. The molecule has 0 aliphatic carbocycles. The molecule has 0 spiro atoms. The fourth-order valence-electron chi connectivity index (χ4n) is 3.24. The molecule has 3 amide bonds. The van der Waals surface area contributed by atoms with Gasteiger partial charge in [-0.1, -0.05) is 36.4 Å². The predicted molar refractivity (Wildman–Crippen MR) is 114 cm³/mol. The van der Waals surface area contributed by atoms with Crippen LogP contribution >= 0.6 is 0 Å². The van der Waals surface area contributed by atoms with Crippen LogP contribution in [-0.4, -0.2) is 29.8 Å². The number of carbonyl (C=O) groups is 4. The zero-order chi connectivity index (χ0) is 22.0. The lowest BCUT2D eigenvalue weighted by Crippen LogP contribution is -2.31. The minimum absolute atomic E-state index is 0.119. The summed E-state index contributed by atoms with van der Waals surface area (Å²) in [6.45, 7) is 1.46. The van der Waals surface area contributed by atoms with E-state index < -0.39 is 29.8 Å². The number of rotatable bonds is 5. The van der Waals surface area contributed by atoms with Gasteiger partial charge in [0.1, 0.15) is 0 Å². The molecule has 0 fully saturated rings. The number of fused-ring (bicyclic) bond motifs is 1. The van der Waals surface area contributed by atoms with E-state index in [9.17, 15) is 19.2 Å². The first kappa shape index (κ1) is 20.0. The third-order valence-electron chi connectivity index (χ3n) is 4.83. The van der Waals surface area contributed by atoms with E-state index in [2.05, 4.69) is 5.32 Å². The number of hydrogen-bond donors (Lipinski definition) is 1. The van der Waals surface area contributed by atoms with Crippen LogP contribution in [0.3, 0.4) is 0 Å². The van der Waals surface area contributed by atoms with Gasteiger partial charge in [-0.15, -0.1) is 0 Å². The van der Waals surface area contributed by atoms with Crippen molar-refractivity contribution in [1.29, 1.82) is 0 Å². The van der Waals surface area contributed by atoms with Gasteiger partial charge in [0.2, 0.25) is 0 Å². The summed E-state index contributed by atoms with van der Waals surface area (Å²) in [4.78, 5) is 51.2. The fourth-order valence-corrected chi connectivity index (χ4v) is 3.24. The Hall–Kier alpha value is -4.26. The second kappa shape index (κ2) is 8.23. The third-order valence-corrected chi connectivity index (χ3v) is 4.83.